The monoisotopic (exact) mass is 1210 g/mol. The van der Waals surface area contributed by atoms with Crippen LogP contribution in [0, 0.1) is 21.4 Å². The number of amides is 4. The van der Waals surface area contributed by atoms with Crippen LogP contribution in [0.2, 0.25) is 0 Å². The van der Waals surface area contributed by atoms with Crippen LogP contribution < -0.4 is 59.9 Å². The number of benzene rings is 7. The van der Waals surface area contributed by atoms with Crippen molar-refractivity contribution in [3.63, 3.8) is 0 Å². The van der Waals surface area contributed by atoms with Crippen LogP contribution in [0.1, 0.15) is 109 Å². The molecule has 3 aliphatic rings. The zero-order chi connectivity index (χ0) is 63.4. The number of hydrogen-bond acceptors (Lipinski definition) is 15. The van der Waals surface area contributed by atoms with Crippen molar-refractivity contribution in [1.82, 2.24) is 0 Å². The van der Waals surface area contributed by atoms with E-state index in [4.69, 9.17) is 45.2 Å². The molecule has 464 valence electrons. The van der Waals surface area contributed by atoms with E-state index in [2.05, 4.69) is 18.3 Å². The molecule has 3 saturated heterocycles. The largest absolute Gasteiger partial charge is 0.497 e. The van der Waals surface area contributed by atoms with Crippen LogP contribution in [0.5, 0.6) is 34.5 Å². The van der Waals surface area contributed by atoms with Crippen LogP contribution in [-0.4, -0.2) is 89.3 Å². The normalized spacial score (nSPS) is 15.9. The second-order valence-electron chi connectivity index (χ2n) is 21.5. The van der Waals surface area contributed by atoms with E-state index in [1.807, 2.05) is 103 Å². The van der Waals surface area contributed by atoms with Crippen LogP contribution in [0.4, 0.5) is 34.1 Å². The second kappa shape index (κ2) is 31.4. The molecule has 0 saturated carbocycles. The average Bonchev–Trinajstić information content (AvgIpc) is 2.33. The summed E-state index contributed by atoms with van der Waals surface area (Å²) in [6.07, 6.45) is 4.44. The summed E-state index contributed by atoms with van der Waals surface area (Å²) < 4.78 is 33.8. The summed E-state index contributed by atoms with van der Waals surface area (Å²) in [5.74, 6) is 3.69. The first kappa shape index (κ1) is 64.7. The third kappa shape index (κ3) is 17.0. The molecule has 20 nitrogen and oxygen atoms in total. The van der Waals surface area contributed by atoms with Gasteiger partial charge in [0, 0.05) is 122 Å². The van der Waals surface area contributed by atoms with Crippen LogP contribution in [0.15, 0.2) is 152 Å². The highest BCUT2D eigenvalue weighted by molar-refractivity contribution is 6.00. The fraction of sp³-hybridized carbons (Fsp3) is 0.319. The van der Waals surface area contributed by atoms with E-state index in [-0.39, 0.29) is 47.8 Å². The number of non-ortho nitro benzene ring substituents is 1. The molecule has 0 radical (unpaired) electrons. The van der Waals surface area contributed by atoms with Crippen molar-refractivity contribution < 1.29 is 52.5 Å². The molecule has 3 aliphatic heterocycles. The molecule has 0 spiro atoms. The molecule has 4 amide bonds. The number of primary amides is 1. The summed E-state index contributed by atoms with van der Waals surface area (Å²) in [5.41, 5.74) is 19.4. The van der Waals surface area contributed by atoms with Gasteiger partial charge in [0.1, 0.15) is 18.1 Å². The van der Waals surface area contributed by atoms with E-state index >= 15 is 0 Å². The van der Waals surface area contributed by atoms with Gasteiger partial charge in [0.25, 0.3) is 5.69 Å². The minimum Gasteiger partial charge on any atom is -0.497 e. The SMILES string of the molecule is CCNc1cccc(N2C[C@@H](c3ccc(OC)c(OCC)c3)CC2=O)c1.COc1ccc(C2CC(=O)N(c3cccc(C(N)=O)c3)C2)c(OCCCCCC#N)c1.COc1ccc([C@H]2CC(=O)N(c3cccc(N)c3)C2)cc1OCc1cccc([N+](=O)[O-])c1. The molecule has 20 heteroatoms. The van der Waals surface area contributed by atoms with Crippen molar-refractivity contribution in [2.24, 2.45) is 5.73 Å². The Bertz CT molecular complexity index is 3670. The number of nitrogens with two attached hydrogens (primary N) is 2. The fourth-order valence-corrected chi connectivity index (χ4v) is 11.0. The van der Waals surface area contributed by atoms with E-state index in [1.54, 1.807) is 79.7 Å². The van der Waals surface area contributed by atoms with Crippen molar-refractivity contribution in [3.8, 4) is 40.6 Å². The van der Waals surface area contributed by atoms with E-state index in [0.29, 0.717) is 104 Å². The highest BCUT2D eigenvalue weighted by Gasteiger charge is 2.35. The molecule has 3 fully saturated rings. The number of nitro groups is 1. The molecule has 7 aromatic carbocycles. The number of carbonyl (C=O) groups is 4. The Morgan fingerprint density at radius 1 is 0.618 bits per heavy atom. The molecule has 7 aromatic rings. The minimum atomic E-state index is -0.523. The quantitative estimate of drug-likeness (QED) is 0.0220. The number of nitrogens with one attached hydrogen (secondary N) is 1. The first-order valence-corrected chi connectivity index (χ1v) is 29.7. The molecule has 0 aromatic heterocycles. The van der Waals surface area contributed by atoms with Crippen molar-refractivity contribution in [1.29, 1.82) is 5.26 Å². The smallest absolute Gasteiger partial charge is 0.269 e. The van der Waals surface area contributed by atoms with Crippen molar-refractivity contribution in [2.75, 3.05) is 86.5 Å². The van der Waals surface area contributed by atoms with Gasteiger partial charge in [-0.25, -0.2) is 0 Å². The number of nitro benzene ring substituents is 1. The zero-order valence-corrected chi connectivity index (χ0v) is 50.9. The lowest BCUT2D eigenvalue weighted by atomic mass is 9.97. The first-order valence-electron chi connectivity index (χ1n) is 29.7. The summed E-state index contributed by atoms with van der Waals surface area (Å²) in [5, 5.41) is 22.9. The van der Waals surface area contributed by atoms with Gasteiger partial charge in [0.05, 0.1) is 45.5 Å². The van der Waals surface area contributed by atoms with Crippen molar-refractivity contribution >= 4 is 57.8 Å². The Labute approximate surface area is 519 Å². The van der Waals surface area contributed by atoms with Crippen LogP contribution in [0.3, 0.4) is 0 Å². The van der Waals surface area contributed by atoms with Gasteiger partial charge in [-0.05, 0) is 140 Å². The Hall–Kier alpha value is -10.3. The van der Waals surface area contributed by atoms with Gasteiger partial charge in [-0.3, -0.25) is 29.3 Å². The highest BCUT2D eigenvalue weighted by atomic mass is 16.6. The summed E-state index contributed by atoms with van der Waals surface area (Å²) in [7, 11) is 4.79. The zero-order valence-electron chi connectivity index (χ0n) is 50.9. The maximum Gasteiger partial charge on any atom is 0.269 e. The molecule has 0 bridgehead atoms. The van der Waals surface area contributed by atoms with Crippen molar-refractivity contribution in [3.05, 3.63) is 190 Å². The van der Waals surface area contributed by atoms with Gasteiger partial charge in [-0.15, -0.1) is 0 Å². The lowest BCUT2D eigenvalue weighted by Gasteiger charge is -2.19. The van der Waals surface area contributed by atoms with Crippen molar-refractivity contribution in [2.45, 2.75) is 83.2 Å². The molecule has 3 atom stereocenters. The van der Waals surface area contributed by atoms with E-state index in [0.717, 1.165) is 71.1 Å². The number of nitrogen functional groups attached to an aromatic ring is 1. The van der Waals surface area contributed by atoms with Crippen LogP contribution in [0.25, 0.3) is 0 Å². The predicted molar refractivity (Wildman–Crippen MR) is 343 cm³/mol. The Morgan fingerprint density at radius 2 is 1.20 bits per heavy atom. The van der Waals surface area contributed by atoms with Gasteiger partial charge < -0.3 is 59.9 Å². The molecule has 5 N–H and O–H groups in total. The maximum absolute atomic E-state index is 12.8. The molecule has 89 heavy (non-hydrogen) atoms. The first-order chi connectivity index (χ1) is 43.1. The number of rotatable bonds is 24. The molecule has 3 heterocycles. The van der Waals surface area contributed by atoms with Gasteiger partial charge in [-0.2, -0.15) is 5.26 Å². The maximum atomic E-state index is 12.8. The number of ether oxygens (including phenoxy) is 6. The summed E-state index contributed by atoms with van der Waals surface area (Å²) in [6, 6.07) is 47.8. The Kier molecular flexibility index (Phi) is 22.8. The van der Waals surface area contributed by atoms with E-state index in [9.17, 15) is 29.3 Å². The third-order valence-corrected chi connectivity index (χ3v) is 15.5. The number of hydrogen-bond donors (Lipinski definition) is 3. The molecular weight excluding hydrogens is 1130 g/mol. The van der Waals surface area contributed by atoms with Crippen LogP contribution >= 0.6 is 0 Å². The summed E-state index contributed by atoms with van der Waals surface area (Å²) in [4.78, 5) is 65.4. The van der Waals surface area contributed by atoms with E-state index < -0.39 is 10.8 Å². The van der Waals surface area contributed by atoms with Crippen LogP contribution in [-0.2, 0) is 21.0 Å². The second-order valence-corrected chi connectivity index (χ2v) is 21.5. The van der Waals surface area contributed by atoms with Gasteiger partial charge in [-0.1, -0.05) is 48.5 Å². The van der Waals surface area contributed by atoms with Gasteiger partial charge in [0.15, 0.2) is 23.0 Å². The van der Waals surface area contributed by atoms with Gasteiger partial charge >= 0.3 is 0 Å². The van der Waals surface area contributed by atoms with Gasteiger partial charge in [0.2, 0.25) is 23.6 Å². The predicted octanol–water partition coefficient (Wildman–Crippen LogP) is 12.1. The standard InChI is InChI=1S/C24H23N3O5.C24H27N3O4.C21H26N2O3/c1-31-22-9-8-17(11-23(22)32-15-16-4-2-7-21(10-16)27(29)30)18-12-24(28)26(14-18)20-6-3-5-19(25)13-20;1-30-20-9-10-21(22(15-20)31-12-5-3-2-4-11-25)18-14-23(28)27(16-18)19-8-6-7-17(13-19)24(26)29;1-4-22-17-7-6-8-18(13-17)23-14-16(12-21(23)24)15-9-10-19(25-3)20(11-15)26-5-2/h2-11,13,18H,12,14-15,25H2,1H3;6-10,13,15,18H,2-5,12,14,16H2,1H3,(H2,26,29);6-11,13,16,22H,4-5,12,14H2,1-3H3/t18-;;16-/m0.0/s1. The molecule has 10 rings (SSSR count). The summed E-state index contributed by atoms with van der Waals surface area (Å²) in [6.45, 7) is 7.83. The Balaban J connectivity index is 0.000000174. The average molecular weight is 1210 g/mol. The highest BCUT2D eigenvalue weighted by Crippen LogP contribution is 2.41. The number of methoxy groups -OCH3 is 3. The van der Waals surface area contributed by atoms with E-state index in [1.165, 1.54) is 12.1 Å². The Morgan fingerprint density at radius 3 is 1.79 bits per heavy atom. The number of nitriles is 1. The lowest BCUT2D eigenvalue weighted by Crippen LogP contribution is -2.25. The number of unbranched alkanes of at least 4 members (excludes halogenated alkanes) is 3. The third-order valence-electron chi connectivity index (χ3n) is 15.5. The fourth-order valence-electron chi connectivity index (χ4n) is 11.0. The molecule has 0 aliphatic carbocycles. The number of nitrogens with zero attached hydrogens (tertiary/aromatic N) is 5. The number of carbonyl (C=O) groups excluding carboxylic acids is 4. The molecular formula is C69H76N8O12. The minimum absolute atomic E-state index is 0.00463. The lowest BCUT2D eigenvalue weighted by molar-refractivity contribution is -0.384. The summed E-state index contributed by atoms with van der Waals surface area (Å²) >= 11 is 0. The topological polar surface area (TPSA) is 264 Å². The molecule has 1 unspecified atom stereocenters. The number of anilines is 5.